The number of carbonyl (C=O) groups excluding carboxylic acids is 3. The monoisotopic (exact) mass is 579 g/mol. The molecule has 2 aliphatic carbocycles. The second kappa shape index (κ2) is 17.9. The highest BCUT2D eigenvalue weighted by atomic mass is 31.2. The van der Waals surface area contributed by atoms with Crippen molar-refractivity contribution in [3.05, 3.63) is 0 Å². The van der Waals surface area contributed by atoms with Crippen LogP contribution in [0.2, 0.25) is 0 Å². The molecular formula is C24H42N3O11P. The number of hydrogen-bond acceptors (Lipinski definition) is 11. The smallest absolute Gasteiger partial charge is 0.465 e. The Labute approximate surface area is 229 Å². The van der Waals surface area contributed by atoms with Gasteiger partial charge in [0.05, 0.1) is 19.8 Å². The number of carbonyl (C=O) groups is 3. The number of hydrogen-bond donors (Lipinski definition) is 1. The van der Waals surface area contributed by atoms with Crippen molar-refractivity contribution >= 4 is 32.0 Å². The maximum Gasteiger partial charge on any atom is 0.508 e. The van der Waals surface area contributed by atoms with Crippen LogP contribution in [0.1, 0.15) is 71.1 Å². The van der Waals surface area contributed by atoms with Crippen LogP contribution in [0, 0.1) is 0 Å². The fourth-order valence-corrected chi connectivity index (χ4v) is 5.24. The molecule has 0 heterocycles. The lowest BCUT2D eigenvalue weighted by Crippen LogP contribution is -2.38. The summed E-state index contributed by atoms with van der Waals surface area (Å²) in [6.07, 6.45) is 7.32. The number of nitrogens with two attached hydrogens (primary N) is 1. The second-order valence-corrected chi connectivity index (χ2v) is 10.9. The summed E-state index contributed by atoms with van der Waals surface area (Å²) >= 11 is 0. The van der Waals surface area contributed by atoms with Crippen molar-refractivity contribution in [2.75, 3.05) is 46.6 Å². The van der Waals surface area contributed by atoms with E-state index in [1.807, 2.05) is 0 Å². The minimum atomic E-state index is -4.27. The molecule has 15 heteroatoms. The lowest BCUT2D eigenvalue weighted by molar-refractivity contribution is -0.143. The van der Waals surface area contributed by atoms with Crippen LogP contribution in [0.15, 0.2) is 4.76 Å². The first-order chi connectivity index (χ1) is 18.7. The Hall–Kier alpha value is -2.57. The van der Waals surface area contributed by atoms with E-state index in [0.717, 1.165) is 64.2 Å². The second-order valence-electron chi connectivity index (χ2n) is 9.21. The topological polar surface area (TPSA) is 175 Å². The molecular weight excluding hydrogens is 537 g/mol. The molecule has 0 aliphatic heterocycles. The molecule has 2 fully saturated rings. The Morgan fingerprint density at radius 2 is 1.26 bits per heavy atom. The van der Waals surface area contributed by atoms with Gasteiger partial charge in [0.2, 0.25) is 5.96 Å². The number of nitrogens with zero attached hydrogens (tertiary/aromatic N) is 2. The largest absolute Gasteiger partial charge is 0.508 e. The SMILES string of the molecule is CCOC(=O)CN(C)/C(N)=N\P(=O)(OCCOC(=O)OC1CCCCC1)OCCOC(=O)OC1CCCCC1. The van der Waals surface area contributed by atoms with Gasteiger partial charge in [0.1, 0.15) is 32.0 Å². The van der Waals surface area contributed by atoms with Crippen molar-refractivity contribution in [3.63, 3.8) is 0 Å². The molecule has 39 heavy (non-hydrogen) atoms. The summed E-state index contributed by atoms with van der Waals surface area (Å²) in [5.41, 5.74) is 5.89. The van der Waals surface area contributed by atoms with Crippen molar-refractivity contribution in [2.24, 2.45) is 10.5 Å². The van der Waals surface area contributed by atoms with Crippen LogP contribution in [0.5, 0.6) is 0 Å². The predicted octanol–water partition coefficient (Wildman–Crippen LogP) is 3.91. The summed E-state index contributed by atoms with van der Waals surface area (Å²) in [5, 5.41) is 0. The minimum absolute atomic E-state index is 0.175. The van der Waals surface area contributed by atoms with Crippen LogP contribution in [-0.4, -0.2) is 88.0 Å². The average Bonchev–Trinajstić information content (AvgIpc) is 2.90. The van der Waals surface area contributed by atoms with E-state index in [9.17, 15) is 18.9 Å². The molecule has 2 N–H and O–H groups in total. The molecule has 0 aromatic heterocycles. The van der Waals surface area contributed by atoms with E-state index in [1.165, 1.54) is 11.9 Å². The van der Waals surface area contributed by atoms with Gasteiger partial charge in [-0.1, -0.05) is 12.8 Å². The van der Waals surface area contributed by atoms with Crippen molar-refractivity contribution in [2.45, 2.75) is 83.3 Å². The highest BCUT2D eigenvalue weighted by molar-refractivity contribution is 7.52. The quantitative estimate of drug-likeness (QED) is 0.0784. The van der Waals surface area contributed by atoms with Crippen LogP contribution < -0.4 is 5.73 Å². The number of likely N-dealkylation sites (N-methyl/N-ethyl adjacent to an activating group) is 1. The molecule has 0 spiro atoms. The molecule has 0 saturated heterocycles. The number of ether oxygens (including phenoxy) is 5. The van der Waals surface area contributed by atoms with Gasteiger partial charge in [0, 0.05) is 7.05 Å². The van der Waals surface area contributed by atoms with E-state index in [-0.39, 0.29) is 57.7 Å². The van der Waals surface area contributed by atoms with Gasteiger partial charge in [-0.05, 0) is 58.3 Å². The van der Waals surface area contributed by atoms with Gasteiger partial charge in [-0.25, -0.2) is 14.2 Å². The summed E-state index contributed by atoms with van der Waals surface area (Å²) in [7, 11) is -2.83. The highest BCUT2D eigenvalue weighted by Gasteiger charge is 2.27. The normalized spacial score (nSPS) is 17.2. The van der Waals surface area contributed by atoms with E-state index < -0.39 is 26.0 Å². The fraction of sp³-hybridized carbons (Fsp3) is 0.833. The summed E-state index contributed by atoms with van der Waals surface area (Å²) in [6.45, 7) is 0.329. The van der Waals surface area contributed by atoms with Crippen molar-refractivity contribution in [3.8, 4) is 0 Å². The summed E-state index contributed by atoms with van der Waals surface area (Å²) in [5.74, 6) is -0.883. The van der Waals surface area contributed by atoms with E-state index in [0.29, 0.717) is 0 Å². The maximum atomic E-state index is 13.3. The van der Waals surface area contributed by atoms with Crippen LogP contribution in [-0.2, 0) is 42.1 Å². The van der Waals surface area contributed by atoms with Gasteiger partial charge in [-0.2, -0.15) is 0 Å². The number of rotatable bonds is 14. The summed E-state index contributed by atoms with van der Waals surface area (Å²) in [4.78, 5) is 36.8. The van der Waals surface area contributed by atoms with Crippen LogP contribution in [0.25, 0.3) is 0 Å². The molecule has 2 aliphatic rings. The fourth-order valence-electron chi connectivity index (χ4n) is 4.04. The zero-order chi connectivity index (χ0) is 28.5. The summed E-state index contributed by atoms with van der Waals surface area (Å²) in [6, 6.07) is 0. The average molecular weight is 580 g/mol. The van der Waals surface area contributed by atoms with Crippen LogP contribution >= 0.6 is 7.75 Å². The van der Waals surface area contributed by atoms with Gasteiger partial charge >= 0.3 is 26.0 Å². The Morgan fingerprint density at radius 1 is 0.795 bits per heavy atom. The minimum Gasteiger partial charge on any atom is -0.465 e. The molecule has 0 aromatic rings. The molecule has 0 atom stereocenters. The van der Waals surface area contributed by atoms with Crippen molar-refractivity contribution < 1.29 is 51.7 Å². The van der Waals surface area contributed by atoms with E-state index in [2.05, 4.69) is 4.76 Å². The molecule has 224 valence electrons. The number of guanidine groups is 1. The predicted molar refractivity (Wildman–Crippen MR) is 139 cm³/mol. The van der Waals surface area contributed by atoms with Gasteiger partial charge in [-0.15, -0.1) is 4.76 Å². The lowest BCUT2D eigenvalue weighted by atomic mass is 9.98. The molecule has 2 saturated carbocycles. The lowest BCUT2D eigenvalue weighted by Gasteiger charge is -2.22. The van der Waals surface area contributed by atoms with E-state index in [4.69, 9.17) is 38.5 Å². The maximum absolute atomic E-state index is 13.3. The van der Waals surface area contributed by atoms with Crippen molar-refractivity contribution in [1.82, 2.24) is 4.90 Å². The molecule has 2 rings (SSSR count). The highest BCUT2D eigenvalue weighted by Crippen LogP contribution is 2.49. The first kappa shape index (κ1) is 32.6. The molecule has 0 amide bonds. The van der Waals surface area contributed by atoms with Gasteiger partial charge in [0.25, 0.3) is 0 Å². The van der Waals surface area contributed by atoms with Gasteiger partial charge in [0.15, 0.2) is 0 Å². The van der Waals surface area contributed by atoms with Gasteiger partial charge in [-0.3, -0.25) is 13.8 Å². The summed E-state index contributed by atoms with van der Waals surface area (Å²) < 4.78 is 53.0. The van der Waals surface area contributed by atoms with Gasteiger partial charge < -0.3 is 34.3 Å². The van der Waals surface area contributed by atoms with Crippen LogP contribution in [0.4, 0.5) is 9.59 Å². The third kappa shape index (κ3) is 13.9. The zero-order valence-corrected chi connectivity index (χ0v) is 23.8. The van der Waals surface area contributed by atoms with E-state index >= 15 is 0 Å². The van der Waals surface area contributed by atoms with Crippen molar-refractivity contribution in [1.29, 1.82) is 0 Å². The molecule has 0 radical (unpaired) electrons. The Kier molecular flexibility index (Phi) is 15.0. The van der Waals surface area contributed by atoms with Crippen LogP contribution in [0.3, 0.4) is 0 Å². The first-order valence-corrected chi connectivity index (χ1v) is 15.0. The third-order valence-corrected chi connectivity index (χ3v) is 7.50. The Bertz CT molecular complexity index is 801. The van der Waals surface area contributed by atoms with E-state index in [1.54, 1.807) is 6.92 Å². The Morgan fingerprint density at radius 3 is 1.69 bits per heavy atom. The zero-order valence-electron chi connectivity index (χ0n) is 22.9. The molecule has 0 aromatic carbocycles. The Balaban J connectivity index is 1.85. The third-order valence-electron chi connectivity index (χ3n) is 6.03. The number of esters is 1. The molecule has 14 nitrogen and oxygen atoms in total. The standard InChI is InChI=1S/C24H42N3O11P/c1-3-32-21(28)18-27(2)22(25)26-39(31,35-16-14-33-23(29)37-19-10-6-4-7-11-19)36-17-15-34-24(30)38-20-12-8-5-9-13-20/h19-20H,3-18H2,1-2H3,(H2,25,26,31). The molecule has 0 bridgehead atoms. The molecule has 0 unspecified atom stereocenters. The first-order valence-electron chi connectivity index (χ1n) is 13.5.